The average Bonchev–Trinajstić information content (AvgIpc) is 3.18. The van der Waals surface area contributed by atoms with Crippen LogP contribution >= 0.6 is 11.3 Å². The molecule has 106 valence electrons. The summed E-state index contributed by atoms with van der Waals surface area (Å²) in [7, 11) is 0. The normalized spacial score (nSPS) is 18.7. The number of aromatic nitrogens is 1. The minimum atomic E-state index is -0.0486. The van der Waals surface area contributed by atoms with Crippen LogP contribution in [0.5, 0.6) is 0 Å². The van der Waals surface area contributed by atoms with E-state index in [1.54, 1.807) is 17.2 Å². The molecule has 2 aromatic heterocycles. The van der Waals surface area contributed by atoms with Crippen LogP contribution in [-0.2, 0) is 0 Å². The van der Waals surface area contributed by atoms with E-state index in [0.717, 1.165) is 16.3 Å². The molecule has 20 heavy (non-hydrogen) atoms. The van der Waals surface area contributed by atoms with Gasteiger partial charge in [0.25, 0.3) is 5.91 Å². The Bertz CT molecular complexity index is 606. The van der Waals surface area contributed by atoms with Gasteiger partial charge >= 0.3 is 0 Å². The summed E-state index contributed by atoms with van der Waals surface area (Å²) in [5.41, 5.74) is 0.500. The number of carbonyl (C=O) groups is 1. The first-order valence-corrected chi connectivity index (χ1v) is 7.42. The lowest BCUT2D eigenvalue weighted by Gasteiger charge is -2.14. The number of furan rings is 1. The molecule has 1 aliphatic heterocycles. The van der Waals surface area contributed by atoms with Crippen LogP contribution in [0.4, 0.5) is 0 Å². The molecule has 1 atom stereocenters. The molecule has 1 aliphatic rings. The Morgan fingerprint density at radius 1 is 1.65 bits per heavy atom. The van der Waals surface area contributed by atoms with Gasteiger partial charge in [0, 0.05) is 30.5 Å². The van der Waals surface area contributed by atoms with Crippen molar-refractivity contribution in [2.75, 3.05) is 19.7 Å². The molecular weight excluding hydrogens is 276 g/mol. The van der Waals surface area contributed by atoms with Crippen molar-refractivity contribution >= 4 is 17.2 Å². The molecule has 3 heterocycles. The third-order valence-corrected chi connectivity index (χ3v) is 4.55. The fourth-order valence-corrected chi connectivity index (χ4v) is 3.29. The first-order chi connectivity index (χ1) is 9.69. The molecule has 2 aromatic rings. The zero-order valence-electron chi connectivity index (χ0n) is 11.2. The third-order valence-electron chi connectivity index (χ3n) is 3.56. The molecule has 0 aromatic carbocycles. The van der Waals surface area contributed by atoms with E-state index in [9.17, 15) is 4.79 Å². The van der Waals surface area contributed by atoms with Gasteiger partial charge in [-0.05, 0) is 25.5 Å². The van der Waals surface area contributed by atoms with Gasteiger partial charge in [-0.2, -0.15) is 0 Å². The topological polar surface area (TPSA) is 66.6 Å². The van der Waals surface area contributed by atoms with Gasteiger partial charge in [0.05, 0.1) is 6.26 Å². The van der Waals surface area contributed by atoms with Crippen LogP contribution in [0.3, 0.4) is 0 Å². The van der Waals surface area contributed by atoms with Crippen molar-refractivity contribution in [3.63, 3.8) is 0 Å². The fourth-order valence-electron chi connectivity index (χ4n) is 2.42. The number of carbonyl (C=O) groups excluding carboxylic acids is 1. The van der Waals surface area contributed by atoms with Crippen LogP contribution < -0.4 is 0 Å². The van der Waals surface area contributed by atoms with Crippen molar-refractivity contribution in [1.29, 1.82) is 0 Å². The van der Waals surface area contributed by atoms with Crippen molar-refractivity contribution in [2.45, 2.75) is 13.3 Å². The summed E-state index contributed by atoms with van der Waals surface area (Å²) in [5.74, 6) is 0.835. The molecule has 3 rings (SSSR count). The monoisotopic (exact) mass is 292 g/mol. The van der Waals surface area contributed by atoms with Crippen LogP contribution in [0.2, 0.25) is 0 Å². The van der Waals surface area contributed by atoms with E-state index < -0.39 is 0 Å². The standard InChI is InChI=1S/C14H16N2O3S/c1-9-12(14(18)16-5-4-10(7-16)8-17)15-13(20-9)11-3-2-6-19-11/h2-3,6,10,17H,4-5,7-8H2,1H3. The lowest BCUT2D eigenvalue weighted by Crippen LogP contribution is -2.29. The van der Waals surface area contributed by atoms with Crippen LogP contribution in [0, 0.1) is 12.8 Å². The second-order valence-electron chi connectivity index (χ2n) is 4.99. The van der Waals surface area contributed by atoms with Crippen LogP contribution in [0.1, 0.15) is 21.8 Å². The number of hydrogen-bond donors (Lipinski definition) is 1. The predicted octanol–water partition coefficient (Wildman–Crippen LogP) is 2.17. The highest BCUT2D eigenvalue weighted by atomic mass is 32.1. The number of amides is 1. The van der Waals surface area contributed by atoms with Gasteiger partial charge in [-0.15, -0.1) is 11.3 Å². The Morgan fingerprint density at radius 3 is 3.15 bits per heavy atom. The summed E-state index contributed by atoms with van der Waals surface area (Å²) in [6.45, 7) is 3.34. The molecular formula is C14H16N2O3S. The second-order valence-corrected chi connectivity index (χ2v) is 6.19. The molecule has 1 unspecified atom stereocenters. The SMILES string of the molecule is Cc1sc(-c2ccco2)nc1C(=O)N1CCC(CO)C1. The van der Waals surface area contributed by atoms with Gasteiger partial charge in [-0.3, -0.25) is 4.79 Å². The summed E-state index contributed by atoms with van der Waals surface area (Å²) in [5, 5.41) is 9.89. The summed E-state index contributed by atoms with van der Waals surface area (Å²) in [4.78, 5) is 19.6. The molecule has 0 spiro atoms. The van der Waals surface area contributed by atoms with Crippen molar-refractivity contribution in [3.05, 3.63) is 29.0 Å². The van der Waals surface area contributed by atoms with E-state index in [2.05, 4.69) is 4.98 Å². The number of nitrogens with zero attached hydrogens (tertiary/aromatic N) is 2. The smallest absolute Gasteiger partial charge is 0.273 e. The summed E-state index contributed by atoms with van der Waals surface area (Å²) >= 11 is 1.46. The molecule has 0 bridgehead atoms. The second kappa shape index (κ2) is 5.38. The first-order valence-electron chi connectivity index (χ1n) is 6.60. The minimum Gasteiger partial charge on any atom is -0.462 e. The quantitative estimate of drug-likeness (QED) is 0.941. The maximum Gasteiger partial charge on any atom is 0.273 e. The molecule has 1 N–H and O–H groups in total. The van der Waals surface area contributed by atoms with Gasteiger partial charge in [0.2, 0.25) is 0 Å². The number of aliphatic hydroxyl groups is 1. The van der Waals surface area contributed by atoms with E-state index >= 15 is 0 Å². The number of aliphatic hydroxyl groups excluding tert-OH is 1. The van der Waals surface area contributed by atoms with Crippen molar-refractivity contribution < 1.29 is 14.3 Å². The number of aryl methyl sites for hydroxylation is 1. The molecule has 5 nitrogen and oxygen atoms in total. The van der Waals surface area contributed by atoms with E-state index in [-0.39, 0.29) is 18.4 Å². The lowest BCUT2D eigenvalue weighted by atomic mass is 10.1. The van der Waals surface area contributed by atoms with E-state index in [1.807, 2.05) is 13.0 Å². The molecule has 1 saturated heterocycles. The Kier molecular flexibility index (Phi) is 3.58. The molecule has 0 aliphatic carbocycles. The van der Waals surface area contributed by atoms with Gasteiger partial charge in [-0.25, -0.2) is 4.98 Å². The predicted molar refractivity (Wildman–Crippen MR) is 75.6 cm³/mol. The maximum absolute atomic E-state index is 12.5. The molecule has 1 fully saturated rings. The van der Waals surface area contributed by atoms with Crippen molar-refractivity contribution in [3.8, 4) is 10.8 Å². The third kappa shape index (κ3) is 2.36. The molecule has 1 amide bonds. The van der Waals surface area contributed by atoms with E-state index in [1.165, 1.54) is 11.3 Å². The summed E-state index contributed by atoms with van der Waals surface area (Å²) in [6, 6.07) is 3.64. The Balaban J connectivity index is 1.82. The summed E-state index contributed by atoms with van der Waals surface area (Å²) in [6.07, 6.45) is 2.45. The van der Waals surface area contributed by atoms with Gasteiger partial charge < -0.3 is 14.4 Å². The van der Waals surface area contributed by atoms with Crippen molar-refractivity contribution in [1.82, 2.24) is 9.88 Å². The molecule has 0 saturated carbocycles. The first kappa shape index (κ1) is 13.3. The van der Waals surface area contributed by atoms with Crippen molar-refractivity contribution in [2.24, 2.45) is 5.92 Å². The number of rotatable bonds is 3. The number of thiazole rings is 1. The number of hydrogen-bond acceptors (Lipinski definition) is 5. The molecule has 6 heteroatoms. The lowest BCUT2D eigenvalue weighted by molar-refractivity contribution is 0.0776. The zero-order chi connectivity index (χ0) is 14.1. The van der Waals surface area contributed by atoms with Gasteiger partial charge in [0.1, 0.15) is 5.69 Å². The van der Waals surface area contributed by atoms with Crippen LogP contribution in [-0.4, -0.2) is 40.6 Å². The average molecular weight is 292 g/mol. The minimum absolute atomic E-state index is 0.0486. The largest absolute Gasteiger partial charge is 0.462 e. The highest BCUT2D eigenvalue weighted by Gasteiger charge is 2.29. The van der Waals surface area contributed by atoms with Gasteiger partial charge in [-0.1, -0.05) is 0 Å². The van der Waals surface area contributed by atoms with E-state index in [0.29, 0.717) is 24.5 Å². The fraction of sp³-hybridized carbons (Fsp3) is 0.429. The summed E-state index contributed by atoms with van der Waals surface area (Å²) < 4.78 is 5.32. The highest BCUT2D eigenvalue weighted by Crippen LogP contribution is 2.29. The van der Waals surface area contributed by atoms with Gasteiger partial charge in [0.15, 0.2) is 10.8 Å². The van der Waals surface area contributed by atoms with Crippen LogP contribution in [0.25, 0.3) is 10.8 Å². The van der Waals surface area contributed by atoms with E-state index in [4.69, 9.17) is 9.52 Å². The van der Waals surface area contributed by atoms with Crippen LogP contribution in [0.15, 0.2) is 22.8 Å². The molecule has 0 radical (unpaired) electrons. The maximum atomic E-state index is 12.5. The highest BCUT2D eigenvalue weighted by molar-refractivity contribution is 7.15. The Hall–Kier alpha value is -1.66. The Labute approximate surface area is 120 Å². The zero-order valence-corrected chi connectivity index (χ0v) is 12.0. The Morgan fingerprint density at radius 2 is 2.50 bits per heavy atom. The number of likely N-dealkylation sites (tertiary alicyclic amines) is 1.